The normalized spacial score (nSPS) is 14.6. The van der Waals surface area contributed by atoms with Gasteiger partial charge in [0.2, 0.25) is 0 Å². The lowest BCUT2D eigenvalue weighted by atomic mass is 10.3. The van der Waals surface area contributed by atoms with Gasteiger partial charge in [-0.2, -0.15) is 0 Å². The SMILES string of the molecule is Cc1nc(NCCNC2CC2)ccc1[N+](=O)[O-]. The summed E-state index contributed by atoms with van der Waals surface area (Å²) in [7, 11) is 0. The minimum atomic E-state index is -0.416. The lowest BCUT2D eigenvalue weighted by Crippen LogP contribution is -2.24. The Morgan fingerprint density at radius 3 is 2.82 bits per heavy atom. The van der Waals surface area contributed by atoms with Crippen molar-refractivity contribution >= 4 is 11.5 Å². The monoisotopic (exact) mass is 236 g/mol. The minimum Gasteiger partial charge on any atom is -0.369 e. The molecule has 0 aliphatic heterocycles. The second kappa shape index (κ2) is 5.09. The van der Waals surface area contributed by atoms with E-state index in [1.165, 1.54) is 18.9 Å². The Labute approximate surface area is 99.6 Å². The van der Waals surface area contributed by atoms with Crippen LogP contribution in [-0.2, 0) is 0 Å². The predicted octanol–water partition coefficient (Wildman–Crippen LogP) is 1.46. The molecule has 0 spiro atoms. The summed E-state index contributed by atoms with van der Waals surface area (Å²) >= 11 is 0. The summed E-state index contributed by atoms with van der Waals surface area (Å²) in [5.41, 5.74) is 0.502. The Morgan fingerprint density at radius 1 is 1.47 bits per heavy atom. The van der Waals surface area contributed by atoms with Gasteiger partial charge in [0, 0.05) is 25.2 Å². The quantitative estimate of drug-likeness (QED) is 0.444. The lowest BCUT2D eigenvalue weighted by Gasteiger charge is -2.07. The Morgan fingerprint density at radius 2 is 2.24 bits per heavy atom. The maximum absolute atomic E-state index is 10.6. The molecule has 17 heavy (non-hydrogen) atoms. The van der Waals surface area contributed by atoms with Crippen molar-refractivity contribution in [2.75, 3.05) is 18.4 Å². The van der Waals surface area contributed by atoms with Crippen molar-refractivity contribution in [3.05, 3.63) is 27.9 Å². The topological polar surface area (TPSA) is 80.1 Å². The van der Waals surface area contributed by atoms with Crippen LogP contribution in [0.25, 0.3) is 0 Å². The second-order valence-electron chi connectivity index (χ2n) is 4.21. The summed E-state index contributed by atoms with van der Waals surface area (Å²) < 4.78 is 0. The van der Waals surface area contributed by atoms with Crippen molar-refractivity contribution in [3.63, 3.8) is 0 Å². The zero-order valence-corrected chi connectivity index (χ0v) is 9.77. The van der Waals surface area contributed by atoms with Crippen molar-refractivity contribution in [1.82, 2.24) is 10.3 Å². The van der Waals surface area contributed by atoms with Gasteiger partial charge in [-0.1, -0.05) is 0 Å². The second-order valence-corrected chi connectivity index (χ2v) is 4.21. The van der Waals surface area contributed by atoms with E-state index in [9.17, 15) is 10.1 Å². The summed E-state index contributed by atoms with van der Waals surface area (Å²) in [6.45, 7) is 3.31. The maximum atomic E-state index is 10.6. The largest absolute Gasteiger partial charge is 0.369 e. The molecule has 1 heterocycles. The Bertz CT molecular complexity index is 418. The summed E-state index contributed by atoms with van der Waals surface area (Å²) in [5, 5.41) is 17.1. The number of nitrogens with zero attached hydrogens (tertiary/aromatic N) is 2. The highest BCUT2D eigenvalue weighted by molar-refractivity contribution is 5.44. The third-order valence-corrected chi connectivity index (χ3v) is 2.70. The van der Waals surface area contributed by atoms with Gasteiger partial charge in [0.15, 0.2) is 0 Å². The lowest BCUT2D eigenvalue weighted by molar-refractivity contribution is -0.385. The molecule has 0 aromatic carbocycles. The number of hydrogen-bond donors (Lipinski definition) is 2. The van der Waals surface area contributed by atoms with Crippen LogP contribution in [0.5, 0.6) is 0 Å². The Kier molecular flexibility index (Phi) is 3.53. The number of anilines is 1. The van der Waals surface area contributed by atoms with Gasteiger partial charge in [-0.15, -0.1) is 0 Å². The number of hydrogen-bond acceptors (Lipinski definition) is 5. The van der Waals surface area contributed by atoms with Crippen LogP contribution >= 0.6 is 0 Å². The highest BCUT2D eigenvalue weighted by Crippen LogP contribution is 2.18. The molecular weight excluding hydrogens is 220 g/mol. The molecule has 2 rings (SSSR count). The van der Waals surface area contributed by atoms with Gasteiger partial charge in [0.05, 0.1) is 4.92 Å². The van der Waals surface area contributed by atoms with Gasteiger partial charge in [-0.25, -0.2) is 4.98 Å². The molecule has 0 unspecified atom stereocenters. The molecule has 0 bridgehead atoms. The van der Waals surface area contributed by atoms with Gasteiger partial charge >= 0.3 is 0 Å². The average Bonchev–Trinajstić information content (AvgIpc) is 3.08. The van der Waals surface area contributed by atoms with Crippen molar-refractivity contribution in [1.29, 1.82) is 0 Å². The van der Waals surface area contributed by atoms with Crippen LogP contribution in [0.15, 0.2) is 12.1 Å². The molecule has 1 aromatic heterocycles. The third-order valence-electron chi connectivity index (χ3n) is 2.70. The number of aryl methyl sites for hydroxylation is 1. The van der Waals surface area contributed by atoms with E-state index in [0.717, 1.165) is 13.1 Å². The average molecular weight is 236 g/mol. The number of aromatic nitrogens is 1. The van der Waals surface area contributed by atoms with Crippen molar-refractivity contribution in [2.24, 2.45) is 0 Å². The molecule has 2 N–H and O–H groups in total. The van der Waals surface area contributed by atoms with Gasteiger partial charge in [-0.3, -0.25) is 10.1 Å². The first-order valence-corrected chi connectivity index (χ1v) is 5.76. The van der Waals surface area contributed by atoms with Crippen LogP contribution in [0.1, 0.15) is 18.5 Å². The molecule has 6 nitrogen and oxygen atoms in total. The van der Waals surface area contributed by atoms with E-state index in [0.29, 0.717) is 17.6 Å². The molecule has 0 radical (unpaired) electrons. The van der Waals surface area contributed by atoms with Gasteiger partial charge in [0.25, 0.3) is 5.69 Å². The Hall–Kier alpha value is -1.69. The van der Waals surface area contributed by atoms with E-state index in [2.05, 4.69) is 15.6 Å². The Balaban J connectivity index is 1.83. The van der Waals surface area contributed by atoms with Crippen LogP contribution in [0.2, 0.25) is 0 Å². The highest BCUT2D eigenvalue weighted by Gasteiger charge is 2.19. The van der Waals surface area contributed by atoms with Crippen LogP contribution < -0.4 is 10.6 Å². The van der Waals surface area contributed by atoms with E-state index >= 15 is 0 Å². The maximum Gasteiger partial charge on any atom is 0.290 e. The van der Waals surface area contributed by atoms with Crippen LogP contribution in [0, 0.1) is 17.0 Å². The first-order valence-electron chi connectivity index (χ1n) is 5.76. The molecule has 1 aromatic rings. The molecule has 0 atom stereocenters. The molecule has 1 fully saturated rings. The van der Waals surface area contributed by atoms with Crippen molar-refractivity contribution in [2.45, 2.75) is 25.8 Å². The zero-order valence-electron chi connectivity index (χ0n) is 9.77. The first kappa shape index (κ1) is 11.8. The molecule has 1 saturated carbocycles. The van der Waals surface area contributed by atoms with Crippen LogP contribution in [-0.4, -0.2) is 29.0 Å². The highest BCUT2D eigenvalue weighted by atomic mass is 16.6. The molecule has 6 heteroatoms. The van der Waals surface area contributed by atoms with Crippen molar-refractivity contribution in [3.8, 4) is 0 Å². The van der Waals surface area contributed by atoms with E-state index in [4.69, 9.17) is 0 Å². The molecule has 0 saturated heterocycles. The molecule has 0 amide bonds. The summed E-state index contributed by atoms with van der Waals surface area (Å²) in [5.74, 6) is 0.686. The van der Waals surface area contributed by atoms with E-state index in [1.807, 2.05) is 0 Å². The number of nitro groups is 1. The zero-order chi connectivity index (χ0) is 12.3. The summed E-state index contributed by atoms with van der Waals surface area (Å²) in [4.78, 5) is 14.3. The molecule has 1 aliphatic carbocycles. The number of pyridine rings is 1. The van der Waals surface area contributed by atoms with Crippen molar-refractivity contribution < 1.29 is 4.92 Å². The number of nitrogens with one attached hydrogen (secondary N) is 2. The third kappa shape index (κ3) is 3.39. The fourth-order valence-electron chi connectivity index (χ4n) is 1.60. The van der Waals surface area contributed by atoms with Gasteiger partial charge < -0.3 is 10.6 Å². The van der Waals surface area contributed by atoms with E-state index in [-0.39, 0.29) is 5.69 Å². The molecule has 1 aliphatic rings. The smallest absolute Gasteiger partial charge is 0.290 e. The summed E-state index contributed by atoms with van der Waals surface area (Å²) in [6.07, 6.45) is 2.55. The molecular formula is C11H16N4O2. The minimum absolute atomic E-state index is 0.0617. The fourth-order valence-corrected chi connectivity index (χ4v) is 1.60. The standard InChI is InChI=1S/C11H16N4O2/c1-8-10(15(16)17)4-5-11(14-8)13-7-6-12-9-2-3-9/h4-5,9,12H,2-3,6-7H2,1H3,(H,13,14). The van der Waals surface area contributed by atoms with Gasteiger partial charge in [-0.05, 0) is 25.8 Å². The number of rotatable bonds is 6. The summed E-state index contributed by atoms with van der Waals surface area (Å²) in [6, 6.07) is 3.82. The van der Waals surface area contributed by atoms with Gasteiger partial charge in [0.1, 0.15) is 11.5 Å². The predicted molar refractivity (Wildman–Crippen MR) is 65.1 cm³/mol. The van der Waals surface area contributed by atoms with Crippen LogP contribution in [0.3, 0.4) is 0 Å². The van der Waals surface area contributed by atoms with E-state index < -0.39 is 4.92 Å². The fraction of sp³-hybridized carbons (Fsp3) is 0.545. The first-order chi connectivity index (χ1) is 8.16. The van der Waals surface area contributed by atoms with Crippen LogP contribution in [0.4, 0.5) is 11.5 Å². The van der Waals surface area contributed by atoms with E-state index in [1.54, 1.807) is 13.0 Å². The molecule has 92 valence electrons.